The Morgan fingerprint density at radius 3 is 3.00 bits per heavy atom. The van der Waals surface area contributed by atoms with Gasteiger partial charge in [0.25, 0.3) is 5.91 Å². The van der Waals surface area contributed by atoms with Gasteiger partial charge in [0.05, 0.1) is 0 Å². The van der Waals surface area contributed by atoms with Gasteiger partial charge in [-0.05, 0) is 23.8 Å². The van der Waals surface area contributed by atoms with E-state index in [1.165, 1.54) is 0 Å². The zero-order chi connectivity index (χ0) is 13.1. The smallest absolute Gasteiger partial charge is 0.257 e. The summed E-state index contributed by atoms with van der Waals surface area (Å²) < 4.78 is 0. The molecule has 7 nitrogen and oxygen atoms in total. The standard InChI is InChI=1S/C10H11ClN6O/c1-6-2-3-7(4-8(6)11)10-14-16-17(15-10)5-9(18)13-12/h2-4H,5,12H2,1H3,(H,13,18). The molecule has 0 saturated carbocycles. The van der Waals surface area contributed by atoms with Gasteiger partial charge < -0.3 is 0 Å². The highest BCUT2D eigenvalue weighted by Gasteiger charge is 2.09. The minimum absolute atomic E-state index is 0.0803. The molecule has 2 aromatic rings. The van der Waals surface area contributed by atoms with E-state index in [1.807, 2.05) is 24.5 Å². The van der Waals surface area contributed by atoms with Crippen LogP contribution in [0.25, 0.3) is 11.4 Å². The summed E-state index contributed by atoms with van der Waals surface area (Å²) in [7, 11) is 0. The van der Waals surface area contributed by atoms with Crippen molar-refractivity contribution in [3.63, 3.8) is 0 Å². The molecule has 94 valence electrons. The van der Waals surface area contributed by atoms with Gasteiger partial charge in [-0.25, -0.2) is 5.84 Å². The third-order valence-electron chi connectivity index (χ3n) is 2.33. The summed E-state index contributed by atoms with van der Waals surface area (Å²) in [5.74, 6) is 4.97. The highest BCUT2D eigenvalue weighted by molar-refractivity contribution is 6.31. The molecule has 0 atom stereocenters. The van der Waals surface area contributed by atoms with E-state index < -0.39 is 5.91 Å². The second-order valence-electron chi connectivity index (χ2n) is 3.67. The van der Waals surface area contributed by atoms with Crippen LogP contribution in [0.3, 0.4) is 0 Å². The maximum Gasteiger partial charge on any atom is 0.257 e. The molecule has 0 bridgehead atoms. The molecule has 0 aliphatic rings. The predicted octanol–water partition coefficient (Wildman–Crippen LogP) is 0.292. The van der Waals surface area contributed by atoms with Crippen LogP contribution in [0.4, 0.5) is 0 Å². The molecular formula is C10H11ClN6O. The van der Waals surface area contributed by atoms with E-state index in [0.717, 1.165) is 15.9 Å². The number of nitrogens with one attached hydrogen (secondary N) is 1. The first-order chi connectivity index (χ1) is 8.60. The summed E-state index contributed by atoms with van der Waals surface area (Å²) in [5.41, 5.74) is 3.70. The number of hydrazine groups is 1. The van der Waals surface area contributed by atoms with Crippen LogP contribution in [0.2, 0.25) is 5.02 Å². The zero-order valence-electron chi connectivity index (χ0n) is 9.59. The average Bonchev–Trinajstić information content (AvgIpc) is 2.81. The lowest BCUT2D eigenvalue weighted by molar-refractivity contribution is -0.122. The first-order valence-corrected chi connectivity index (χ1v) is 5.51. The zero-order valence-corrected chi connectivity index (χ0v) is 10.3. The first kappa shape index (κ1) is 12.5. The molecule has 0 spiro atoms. The number of nitrogens with two attached hydrogens (primary N) is 1. The van der Waals surface area contributed by atoms with Crippen LogP contribution < -0.4 is 11.3 Å². The number of aromatic nitrogens is 4. The number of halogens is 1. The summed E-state index contributed by atoms with van der Waals surface area (Å²) >= 11 is 6.01. The average molecular weight is 267 g/mol. The highest BCUT2D eigenvalue weighted by atomic mass is 35.5. The molecule has 18 heavy (non-hydrogen) atoms. The fraction of sp³-hybridized carbons (Fsp3) is 0.200. The maximum absolute atomic E-state index is 11.0. The Hall–Kier alpha value is -1.99. The summed E-state index contributed by atoms with van der Waals surface area (Å²) in [6.07, 6.45) is 0. The van der Waals surface area contributed by atoms with E-state index in [4.69, 9.17) is 17.4 Å². The summed E-state index contributed by atoms with van der Waals surface area (Å²) in [4.78, 5) is 12.2. The molecule has 1 amide bonds. The van der Waals surface area contributed by atoms with Gasteiger partial charge in [-0.2, -0.15) is 4.80 Å². The van der Waals surface area contributed by atoms with Crippen molar-refractivity contribution in [1.82, 2.24) is 25.6 Å². The lowest BCUT2D eigenvalue weighted by Gasteiger charge is -1.99. The second-order valence-corrected chi connectivity index (χ2v) is 4.08. The number of carbonyl (C=O) groups excluding carboxylic acids is 1. The van der Waals surface area contributed by atoms with Crippen molar-refractivity contribution >= 4 is 17.5 Å². The number of nitrogens with zero attached hydrogens (tertiary/aromatic N) is 4. The van der Waals surface area contributed by atoms with E-state index in [0.29, 0.717) is 10.8 Å². The second kappa shape index (κ2) is 5.11. The van der Waals surface area contributed by atoms with Crippen molar-refractivity contribution in [3.8, 4) is 11.4 Å². The largest absolute Gasteiger partial charge is 0.293 e. The van der Waals surface area contributed by atoms with Crippen LogP contribution in [0, 0.1) is 6.92 Å². The fourth-order valence-corrected chi connectivity index (χ4v) is 1.51. The van der Waals surface area contributed by atoms with Crippen molar-refractivity contribution in [3.05, 3.63) is 28.8 Å². The van der Waals surface area contributed by atoms with Crippen LogP contribution in [-0.2, 0) is 11.3 Å². The van der Waals surface area contributed by atoms with Gasteiger partial charge in [-0.15, -0.1) is 10.2 Å². The van der Waals surface area contributed by atoms with Crippen LogP contribution in [-0.4, -0.2) is 26.1 Å². The van der Waals surface area contributed by atoms with E-state index in [2.05, 4.69) is 15.4 Å². The van der Waals surface area contributed by atoms with Gasteiger partial charge in [0.15, 0.2) is 0 Å². The minimum Gasteiger partial charge on any atom is -0.293 e. The normalized spacial score (nSPS) is 10.4. The Morgan fingerprint density at radius 1 is 1.56 bits per heavy atom. The van der Waals surface area contributed by atoms with Gasteiger partial charge in [-0.1, -0.05) is 23.7 Å². The number of aryl methyl sites for hydroxylation is 1. The van der Waals surface area contributed by atoms with Crippen molar-refractivity contribution < 1.29 is 4.79 Å². The van der Waals surface area contributed by atoms with Crippen LogP contribution in [0.1, 0.15) is 5.56 Å². The molecule has 3 N–H and O–H groups in total. The number of rotatable bonds is 3. The fourth-order valence-electron chi connectivity index (χ4n) is 1.33. The molecule has 0 fully saturated rings. The predicted molar refractivity (Wildman–Crippen MR) is 65.3 cm³/mol. The first-order valence-electron chi connectivity index (χ1n) is 5.14. The molecule has 0 aliphatic carbocycles. The SMILES string of the molecule is Cc1ccc(-c2nnn(CC(=O)NN)n2)cc1Cl. The lowest BCUT2D eigenvalue weighted by Crippen LogP contribution is -2.33. The van der Waals surface area contributed by atoms with Crippen molar-refractivity contribution in [1.29, 1.82) is 0 Å². The quantitative estimate of drug-likeness (QED) is 0.473. The number of amides is 1. The minimum atomic E-state index is -0.402. The Labute approximate surface area is 108 Å². The van der Waals surface area contributed by atoms with Crippen LogP contribution in [0.5, 0.6) is 0 Å². The molecule has 1 aromatic carbocycles. The third kappa shape index (κ3) is 2.63. The summed E-state index contributed by atoms with van der Waals surface area (Å²) in [5, 5.41) is 12.3. The monoisotopic (exact) mass is 266 g/mol. The molecule has 0 radical (unpaired) electrons. The molecule has 2 rings (SSSR count). The number of benzene rings is 1. The van der Waals surface area contributed by atoms with E-state index in [1.54, 1.807) is 6.07 Å². The highest BCUT2D eigenvalue weighted by Crippen LogP contribution is 2.22. The number of hydrogen-bond acceptors (Lipinski definition) is 5. The number of carbonyl (C=O) groups is 1. The molecule has 0 aliphatic heterocycles. The Morgan fingerprint density at radius 2 is 2.33 bits per heavy atom. The summed E-state index contributed by atoms with van der Waals surface area (Å²) in [6.45, 7) is 1.82. The van der Waals surface area contributed by atoms with Crippen molar-refractivity contribution in [2.75, 3.05) is 0 Å². The Kier molecular flexibility index (Phi) is 3.54. The van der Waals surface area contributed by atoms with Gasteiger partial charge in [0, 0.05) is 10.6 Å². The maximum atomic E-state index is 11.0. The van der Waals surface area contributed by atoms with Gasteiger partial charge in [0.1, 0.15) is 6.54 Å². The van der Waals surface area contributed by atoms with Gasteiger partial charge in [0.2, 0.25) is 5.82 Å². The number of tetrazole rings is 1. The molecule has 0 unspecified atom stereocenters. The van der Waals surface area contributed by atoms with Crippen LogP contribution in [0.15, 0.2) is 18.2 Å². The van der Waals surface area contributed by atoms with Gasteiger partial charge in [-0.3, -0.25) is 10.2 Å². The molecule has 1 heterocycles. The Bertz CT molecular complexity index is 581. The topological polar surface area (TPSA) is 98.7 Å². The third-order valence-corrected chi connectivity index (χ3v) is 2.74. The molecule has 0 saturated heterocycles. The Balaban J connectivity index is 2.23. The summed E-state index contributed by atoms with van der Waals surface area (Å²) in [6, 6.07) is 5.46. The van der Waals surface area contributed by atoms with E-state index in [-0.39, 0.29) is 6.54 Å². The number of hydrogen-bond donors (Lipinski definition) is 2. The molecular weight excluding hydrogens is 256 g/mol. The molecule has 1 aromatic heterocycles. The lowest BCUT2D eigenvalue weighted by atomic mass is 10.1. The van der Waals surface area contributed by atoms with Crippen molar-refractivity contribution in [2.24, 2.45) is 5.84 Å². The molecule has 8 heteroatoms. The van der Waals surface area contributed by atoms with E-state index >= 15 is 0 Å². The van der Waals surface area contributed by atoms with Crippen LogP contribution >= 0.6 is 11.6 Å². The van der Waals surface area contributed by atoms with Gasteiger partial charge >= 0.3 is 0 Å². The van der Waals surface area contributed by atoms with E-state index in [9.17, 15) is 4.79 Å². The van der Waals surface area contributed by atoms with Crippen molar-refractivity contribution in [2.45, 2.75) is 13.5 Å².